The molecule has 1 aromatic carbocycles. The Morgan fingerprint density at radius 2 is 2.04 bits per heavy atom. The molecule has 0 spiro atoms. The van der Waals surface area contributed by atoms with Gasteiger partial charge in [-0.25, -0.2) is 14.6 Å². The number of hydrogen-bond acceptors (Lipinski definition) is 6. The van der Waals surface area contributed by atoms with E-state index in [2.05, 4.69) is 20.3 Å². The number of aromatic nitrogens is 5. The number of fused-ring (bicyclic) bond motifs is 1. The molecule has 0 bridgehead atoms. The Bertz CT molecular complexity index is 1150. The number of amides is 1. The number of nitrogens with zero attached hydrogens (tertiary/aromatic N) is 6. The van der Waals surface area contributed by atoms with Crippen LogP contribution in [0.15, 0.2) is 53.6 Å². The number of rotatable bonds is 3. The van der Waals surface area contributed by atoms with Gasteiger partial charge >= 0.3 is 0 Å². The zero-order valence-electron chi connectivity index (χ0n) is 15.3. The molecular weight excluding hydrogens is 356 g/mol. The summed E-state index contributed by atoms with van der Waals surface area (Å²) in [5, 5.41) is 7.85. The quantitative estimate of drug-likeness (QED) is 0.547. The molecule has 1 fully saturated rings. The number of imidazole rings is 1. The van der Waals surface area contributed by atoms with E-state index in [0.717, 1.165) is 35.6 Å². The fourth-order valence-corrected chi connectivity index (χ4v) is 3.80. The standard InChI is InChI=1S/C20H18N6O2/c1-13-18(24-28-23-13)17-8-5-9-25(17)20(27)14-10-16-19(21-11-14)26(12-22-16)15-6-3-2-4-7-15/h2-4,6-7,10-12,17H,5,8-9H2,1H3. The Morgan fingerprint density at radius 3 is 2.82 bits per heavy atom. The van der Waals surface area contributed by atoms with Crippen molar-refractivity contribution in [3.05, 3.63) is 65.9 Å². The number of likely N-dealkylation sites (tertiary alicyclic amines) is 1. The fraction of sp³-hybridized carbons (Fsp3) is 0.250. The molecule has 28 heavy (non-hydrogen) atoms. The van der Waals surface area contributed by atoms with Gasteiger partial charge in [-0.15, -0.1) is 0 Å². The zero-order chi connectivity index (χ0) is 19.1. The zero-order valence-corrected chi connectivity index (χ0v) is 15.3. The first-order valence-electron chi connectivity index (χ1n) is 9.21. The van der Waals surface area contributed by atoms with Crippen LogP contribution in [-0.4, -0.2) is 42.2 Å². The average Bonchev–Trinajstić information content (AvgIpc) is 3.46. The van der Waals surface area contributed by atoms with E-state index in [1.165, 1.54) is 0 Å². The molecule has 140 valence electrons. The summed E-state index contributed by atoms with van der Waals surface area (Å²) < 4.78 is 6.74. The molecule has 1 aliphatic heterocycles. The topological polar surface area (TPSA) is 89.9 Å². The molecule has 1 atom stereocenters. The summed E-state index contributed by atoms with van der Waals surface area (Å²) in [6, 6.07) is 11.6. The third-order valence-corrected chi connectivity index (χ3v) is 5.19. The summed E-state index contributed by atoms with van der Waals surface area (Å²) in [6.45, 7) is 2.52. The van der Waals surface area contributed by atoms with Gasteiger partial charge in [0.15, 0.2) is 5.65 Å². The van der Waals surface area contributed by atoms with Gasteiger partial charge < -0.3 is 4.90 Å². The maximum absolute atomic E-state index is 13.2. The maximum atomic E-state index is 13.2. The molecule has 0 saturated carbocycles. The smallest absolute Gasteiger partial charge is 0.256 e. The predicted molar refractivity (Wildman–Crippen MR) is 101 cm³/mol. The monoisotopic (exact) mass is 374 g/mol. The first-order chi connectivity index (χ1) is 13.7. The summed E-state index contributed by atoms with van der Waals surface area (Å²) in [4.78, 5) is 23.9. The van der Waals surface area contributed by atoms with Crippen molar-refractivity contribution in [1.82, 2.24) is 29.7 Å². The minimum Gasteiger partial charge on any atom is -0.330 e. The summed E-state index contributed by atoms with van der Waals surface area (Å²) in [5.74, 6) is -0.0754. The number of aryl methyl sites for hydroxylation is 1. The van der Waals surface area contributed by atoms with E-state index in [1.807, 2.05) is 46.7 Å². The highest BCUT2D eigenvalue weighted by molar-refractivity contribution is 5.96. The molecule has 1 saturated heterocycles. The molecular formula is C20H18N6O2. The summed E-state index contributed by atoms with van der Waals surface area (Å²) in [5.41, 5.74) is 4.35. The minimum absolute atomic E-state index is 0.0754. The van der Waals surface area contributed by atoms with Crippen molar-refractivity contribution in [2.45, 2.75) is 25.8 Å². The van der Waals surface area contributed by atoms with Crippen LogP contribution in [0.1, 0.15) is 40.6 Å². The van der Waals surface area contributed by atoms with Crippen LogP contribution in [0.3, 0.4) is 0 Å². The van der Waals surface area contributed by atoms with Gasteiger partial charge in [-0.3, -0.25) is 9.36 Å². The van der Waals surface area contributed by atoms with Crippen molar-refractivity contribution in [2.24, 2.45) is 0 Å². The molecule has 0 N–H and O–H groups in total. The maximum Gasteiger partial charge on any atom is 0.256 e. The molecule has 1 amide bonds. The van der Waals surface area contributed by atoms with Gasteiger partial charge in [0.25, 0.3) is 5.91 Å². The highest BCUT2D eigenvalue weighted by Gasteiger charge is 2.34. The van der Waals surface area contributed by atoms with E-state index >= 15 is 0 Å². The fourth-order valence-electron chi connectivity index (χ4n) is 3.80. The van der Waals surface area contributed by atoms with E-state index in [0.29, 0.717) is 17.6 Å². The number of benzene rings is 1. The highest BCUT2D eigenvalue weighted by atomic mass is 16.6. The Kier molecular flexibility index (Phi) is 3.89. The van der Waals surface area contributed by atoms with Crippen molar-refractivity contribution < 1.29 is 9.42 Å². The lowest BCUT2D eigenvalue weighted by Crippen LogP contribution is -2.31. The van der Waals surface area contributed by atoms with Crippen LogP contribution < -0.4 is 0 Å². The Labute approximate surface area is 160 Å². The summed E-state index contributed by atoms with van der Waals surface area (Å²) in [6.07, 6.45) is 5.11. The molecule has 3 aromatic heterocycles. The minimum atomic E-state index is -0.115. The number of para-hydroxylation sites is 1. The highest BCUT2D eigenvalue weighted by Crippen LogP contribution is 2.33. The second-order valence-electron chi connectivity index (χ2n) is 6.91. The van der Waals surface area contributed by atoms with Gasteiger partial charge in [-0.1, -0.05) is 28.5 Å². The van der Waals surface area contributed by atoms with Crippen molar-refractivity contribution >= 4 is 17.1 Å². The van der Waals surface area contributed by atoms with Crippen LogP contribution in [0.4, 0.5) is 0 Å². The molecule has 8 nitrogen and oxygen atoms in total. The number of carbonyl (C=O) groups is 1. The van der Waals surface area contributed by atoms with Crippen LogP contribution in [0.2, 0.25) is 0 Å². The van der Waals surface area contributed by atoms with Gasteiger partial charge in [0.2, 0.25) is 0 Å². The number of carbonyl (C=O) groups excluding carboxylic acids is 1. The first-order valence-corrected chi connectivity index (χ1v) is 9.21. The van der Waals surface area contributed by atoms with Crippen LogP contribution in [0.5, 0.6) is 0 Å². The molecule has 1 unspecified atom stereocenters. The molecule has 8 heteroatoms. The van der Waals surface area contributed by atoms with Gasteiger partial charge in [-0.05, 0) is 38.0 Å². The van der Waals surface area contributed by atoms with Gasteiger partial charge in [-0.2, -0.15) is 0 Å². The molecule has 0 radical (unpaired) electrons. The lowest BCUT2D eigenvalue weighted by Gasteiger charge is -2.23. The lowest BCUT2D eigenvalue weighted by molar-refractivity contribution is 0.0730. The van der Waals surface area contributed by atoms with Gasteiger partial charge in [0, 0.05) is 18.4 Å². The SMILES string of the molecule is Cc1nonc1C1CCCN1C(=O)c1cnc2c(c1)ncn2-c1ccccc1. The third kappa shape index (κ3) is 2.65. The Balaban J connectivity index is 1.48. The molecule has 5 rings (SSSR count). The van der Waals surface area contributed by atoms with Crippen LogP contribution in [0, 0.1) is 6.92 Å². The summed E-state index contributed by atoms with van der Waals surface area (Å²) in [7, 11) is 0. The van der Waals surface area contributed by atoms with Crippen LogP contribution in [-0.2, 0) is 0 Å². The normalized spacial score (nSPS) is 16.8. The first kappa shape index (κ1) is 16.6. The van der Waals surface area contributed by atoms with Crippen molar-refractivity contribution in [3.63, 3.8) is 0 Å². The van der Waals surface area contributed by atoms with Gasteiger partial charge in [0.05, 0.1) is 11.6 Å². The van der Waals surface area contributed by atoms with E-state index < -0.39 is 0 Å². The lowest BCUT2D eigenvalue weighted by atomic mass is 10.1. The molecule has 1 aliphatic rings. The summed E-state index contributed by atoms with van der Waals surface area (Å²) >= 11 is 0. The largest absolute Gasteiger partial charge is 0.330 e. The second kappa shape index (κ2) is 6.56. The van der Waals surface area contributed by atoms with Crippen molar-refractivity contribution in [2.75, 3.05) is 6.54 Å². The average molecular weight is 374 g/mol. The Hall–Kier alpha value is -3.55. The molecule has 4 aromatic rings. The van der Waals surface area contributed by atoms with E-state index in [9.17, 15) is 4.79 Å². The van der Waals surface area contributed by atoms with Crippen LogP contribution >= 0.6 is 0 Å². The molecule has 4 heterocycles. The van der Waals surface area contributed by atoms with E-state index in [4.69, 9.17) is 4.63 Å². The van der Waals surface area contributed by atoms with Crippen molar-refractivity contribution in [1.29, 1.82) is 0 Å². The predicted octanol–water partition coefficient (Wildman–Crippen LogP) is 3.09. The van der Waals surface area contributed by atoms with Gasteiger partial charge in [0.1, 0.15) is 23.2 Å². The number of hydrogen-bond donors (Lipinski definition) is 0. The molecule has 0 aliphatic carbocycles. The second-order valence-corrected chi connectivity index (χ2v) is 6.91. The van der Waals surface area contributed by atoms with Crippen molar-refractivity contribution in [3.8, 4) is 5.69 Å². The third-order valence-electron chi connectivity index (χ3n) is 5.19. The van der Waals surface area contributed by atoms with E-state index in [-0.39, 0.29) is 11.9 Å². The van der Waals surface area contributed by atoms with Crippen LogP contribution in [0.25, 0.3) is 16.9 Å². The van der Waals surface area contributed by atoms with E-state index in [1.54, 1.807) is 18.6 Å². The number of pyridine rings is 1. The Morgan fingerprint density at radius 1 is 1.18 bits per heavy atom.